The Balaban J connectivity index is 2.18. The fourth-order valence-electron chi connectivity index (χ4n) is 2.79. The second kappa shape index (κ2) is 5.68. The molecule has 1 fully saturated rings. The first-order chi connectivity index (χ1) is 8.24. The molecule has 17 heavy (non-hydrogen) atoms. The van der Waals surface area contributed by atoms with Crippen LogP contribution in [0.15, 0.2) is 24.3 Å². The van der Waals surface area contributed by atoms with Crippen LogP contribution in [0.25, 0.3) is 0 Å². The molecule has 0 saturated heterocycles. The van der Waals surface area contributed by atoms with Crippen LogP contribution in [0.5, 0.6) is 0 Å². The molecule has 1 aromatic carbocycles. The molecule has 0 aromatic heterocycles. The van der Waals surface area contributed by atoms with Gasteiger partial charge in [0.2, 0.25) is 0 Å². The van der Waals surface area contributed by atoms with Crippen LogP contribution in [0.4, 0.5) is 0 Å². The molecule has 1 nitrogen and oxygen atoms in total. The van der Waals surface area contributed by atoms with E-state index in [1.54, 1.807) is 0 Å². The quantitative estimate of drug-likeness (QED) is 0.796. The first-order valence-electron chi connectivity index (χ1n) is 7.01. The molecule has 2 unspecified atom stereocenters. The summed E-state index contributed by atoms with van der Waals surface area (Å²) in [6.07, 6.45) is 5.90. The van der Waals surface area contributed by atoms with E-state index in [1.165, 1.54) is 30.4 Å². The summed E-state index contributed by atoms with van der Waals surface area (Å²) in [6.45, 7) is 4.34. The van der Waals surface area contributed by atoms with E-state index in [9.17, 15) is 5.11 Å². The van der Waals surface area contributed by atoms with Crippen LogP contribution < -0.4 is 0 Å². The smallest absolute Gasteiger partial charge is 0.0818 e. The van der Waals surface area contributed by atoms with Crippen molar-refractivity contribution in [1.82, 2.24) is 0 Å². The van der Waals surface area contributed by atoms with Crippen LogP contribution in [-0.4, -0.2) is 5.11 Å². The lowest BCUT2D eigenvalue weighted by atomic mass is 9.76. The zero-order valence-electron chi connectivity index (χ0n) is 11.0. The summed E-state index contributed by atoms with van der Waals surface area (Å²) in [5.74, 6) is 1.07. The third-order valence-electron chi connectivity index (χ3n) is 4.14. The molecular weight excluding hydrogens is 208 g/mol. The van der Waals surface area contributed by atoms with Crippen LogP contribution in [0, 0.1) is 5.92 Å². The average molecular weight is 232 g/mol. The summed E-state index contributed by atoms with van der Waals surface area (Å²) in [5, 5.41) is 10.5. The number of benzene rings is 1. The molecule has 0 bridgehead atoms. The van der Waals surface area contributed by atoms with Crippen LogP contribution in [0.1, 0.15) is 69.1 Å². The van der Waals surface area contributed by atoms with Crippen molar-refractivity contribution in [2.24, 2.45) is 5.92 Å². The topological polar surface area (TPSA) is 20.2 Å². The second-order valence-corrected chi connectivity index (χ2v) is 5.47. The lowest BCUT2D eigenvalue weighted by Gasteiger charge is -2.30. The van der Waals surface area contributed by atoms with E-state index in [-0.39, 0.29) is 6.10 Å². The molecule has 0 heterocycles. The Bertz CT molecular complexity index is 354. The first kappa shape index (κ1) is 12.6. The molecule has 1 aliphatic carbocycles. The normalized spacial score (nSPS) is 19.7. The predicted octanol–water partition coefficient (Wildman–Crippen LogP) is 4.42. The number of hydrogen-bond donors (Lipinski definition) is 1. The summed E-state index contributed by atoms with van der Waals surface area (Å²) >= 11 is 0. The zero-order valence-corrected chi connectivity index (χ0v) is 11.0. The van der Waals surface area contributed by atoms with Crippen molar-refractivity contribution in [3.63, 3.8) is 0 Å². The number of rotatable bonds is 5. The van der Waals surface area contributed by atoms with Crippen molar-refractivity contribution >= 4 is 0 Å². The van der Waals surface area contributed by atoms with E-state index in [4.69, 9.17) is 0 Å². The molecule has 0 radical (unpaired) electrons. The van der Waals surface area contributed by atoms with E-state index in [0.717, 1.165) is 12.8 Å². The molecule has 1 N–H and O–H groups in total. The van der Waals surface area contributed by atoms with Gasteiger partial charge in [-0.25, -0.2) is 0 Å². The van der Waals surface area contributed by atoms with Gasteiger partial charge in [-0.1, -0.05) is 51.0 Å². The van der Waals surface area contributed by atoms with Gasteiger partial charge in [-0.2, -0.15) is 0 Å². The average Bonchev–Trinajstić information content (AvgIpc) is 2.27. The van der Waals surface area contributed by atoms with Crippen molar-refractivity contribution in [2.75, 3.05) is 0 Å². The van der Waals surface area contributed by atoms with Gasteiger partial charge in [0.05, 0.1) is 6.10 Å². The van der Waals surface area contributed by atoms with E-state index >= 15 is 0 Å². The van der Waals surface area contributed by atoms with Gasteiger partial charge >= 0.3 is 0 Å². The minimum Gasteiger partial charge on any atom is -0.388 e. The maximum absolute atomic E-state index is 10.5. The monoisotopic (exact) mass is 232 g/mol. The van der Waals surface area contributed by atoms with Gasteiger partial charge in [0.15, 0.2) is 0 Å². The fraction of sp³-hybridized carbons (Fsp3) is 0.625. The maximum atomic E-state index is 10.5. The molecule has 0 spiro atoms. The summed E-state index contributed by atoms with van der Waals surface area (Å²) < 4.78 is 0. The maximum Gasteiger partial charge on any atom is 0.0818 e. The largest absolute Gasteiger partial charge is 0.388 e. The van der Waals surface area contributed by atoms with Crippen molar-refractivity contribution < 1.29 is 5.11 Å². The lowest BCUT2D eigenvalue weighted by molar-refractivity contribution is 0.110. The summed E-state index contributed by atoms with van der Waals surface area (Å²) in [4.78, 5) is 0. The molecule has 1 aliphatic rings. The minimum absolute atomic E-state index is 0.285. The highest BCUT2D eigenvalue weighted by Crippen LogP contribution is 2.40. The Labute approximate surface area is 105 Å². The Morgan fingerprint density at radius 1 is 1.29 bits per heavy atom. The summed E-state index contributed by atoms with van der Waals surface area (Å²) in [7, 11) is 0. The summed E-state index contributed by atoms with van der Waals surface area (Å²) in [6, 6.07) is 8.49. The van der Waals surface area contributed by atoms with Gasteiger partial charge < -0.3 is 5.11 Å². The predicted molar refractivity (Wildman–Crippen MR) is 72.1 cm³/mol. The molecule has 1 saturated carbocycles. The van der Waals surface area contributed by atoms with E-state index in [1.807, 2.05) is 0 Å². The van der Waals surface area contributed by atoms with Crippen molar-refractivity contribution in [2.45, 2.75) is 58.0 Å². The highest BCUT2D eigenvalue weighted by molar-refractivity contribution is 5.33. The number of aliphatic hydroxyl groups excluding tert-OH is 1. The Hall–Kier alpha value is -0.820. The molecule has 1 aromatic rings. The third kappa shape index (κ3) is 2.71. The van der Waals surface area contributed by atoms with E-state index in [2.05, 4.69) is 38.1 Å². The fourth-order valence-corrected chi connectivity index (χ4v) is 2.79. The van der Waals surface area contributed by atoms with Gasteiger partial charge in [0, 0.05) is 0 Å². The van der Waals surface area contributed by atoms with Crippen molar-refractivity contribution in [3.05, 3.63) is 35.4 Å². The summed E-state index contributed by atoms with van der Waals surface area (Å²) in [5.41, 5.74) is 2.58. The van der Waals surface area contributed by atoms with Crippen LogP contribution in [0.3, 0.4) is 0 Å². The Morgan fingerprint density at radius 2 is 2.00 bits per heavy atom. The second-order valence-electron chi connectivity index (χ2n) is 5.47. The minimum atomic E-state index is -0.285. The molecule has 2 atom stereocenters. The standard InChI is InChI=1S/C16H24O/c1-3-7-12(2)16(17)15-11-5-4-10-14(15)13-8-6-9-13/h4-5,10-13,16-17H,3,6-9H2,1-2H3. The van der Waals surface area contributed by atoms with Crippen molar-refractivity contribution in [3.8, 4) is 0 Å². The number of aliphatic hydroxyl groups is 1. The van der Waals surface area contributed by atoms with Gasteiger partial charge in [-0.05, 0) is 42.2 Å². The SMILES string of the molecule is CCCC(C)C(O)c1ccccc1C1CCC1. The highest BCUT2D eigenvalue weighted by Gasteiger charge is 2.25. The van der Waals surface area contributed by atoms with Gasteiger partial charge in [-0.3, -0.25) is 0 Å². The number of hydrogen-bond acceptors (Lipinski definition) is 1. The highest BCUT2D eigenvalue weighted by atomic mass is 16.3. The van der Waals surface area contributed by atoms with Gasteiger partial charge in [0.25, 0.3) is 0 Å². The molecule has 0 aliphatic heterocycles. The van der Waals surface area contributed by atoms with E-state index < -0.39 is 0 Å². The molecule has 2 rings (SSSR count). The zero-order chi connectivity index (χ0) is 12.3. The molecule has 0 amide bonds. The Kier molecular flexibility index (Phi) is 4.22. The lowest BCUT2D eigenvalue weighted by Crippen LogP contribution is -2.16. The molecular formula is C16H24O. The Morgan fingerprint density at radius 3 is 2.59 bits per heavy atom. The molecule has 1 heteroatoms. The van der Waals surface area contributed by atoms with Gasteiger partial charge in [-0.15, -0.1) is 0 Å². The van der Waals surface area contributed by atoms with Crippen LogP contribution in [0.2, 0.25) is 0 Å². The molecule has 94 valence electrons. The third-order valence-corrected chi connectivity index (χ3v) is 4.14. The van der Waals surface area contributed by atoms with Crippen LogP contribution >= 0.6 is 0 Å². The van der Waals surface area contributed by atoms with Gasteiger partial charge in [0.1, 0.15) is 0 Å². The van der Waals surface area contributed by atoms with Crippen LogP contribution in [-0.2, 0) is 0 Å². The first-order valence-corrected chi connectivity index (χ1v) is 7.01. The van der Waals surface area contributed by atoms with Crippen molar-refractivity contribution in [1.29, 1.82) is 0 Å². The van der Waals surface area contributed by atoms with E-state index in [0.29, 0.717) is 11.8 Å².